The highest BCUT2D eigenvalue weighted by Gasteiger charge is 2.58. The lowest BCUT2D eigenvalue weighted by Crippen LogP contribution is -2.52. The van der Waals surface area contributed by atoms with Crippen molar-refractivity contribution in [2.45, 2.75) is 47.4 Å². The minimum atomic E-state index is -4.66. The van der Waals surface area contributed by atoms with Crippen LogP contribution >= 0.6 is 11.6 Å². The van der Waals surface area contributed by atoms with E-state index in [-0.39, 0.29) is 10.8 Å². The monoisotopic (exact) mass is 566 g/mol. The van der Waals surface area contributed by atoms with Crippen molar-refractivity contribution >= 4 is 38.3 Å². The van der Waals surface area contributed by atoms with Crippen LogP contribution in [0, 0.1) is 5.92 Å². The van der Waals surface area contributed by atoms with Gasteiger partial charge in [0.1, 0.15) is 0 Å². The molecule has 6 rings (SSSR count). The van der Waals surface area contributed by atoms with E-state index in [4.69, 9.17) is 11.6 Å². The average molecular weight is 567 g/mol. The SMILES string of the molecule is CC1(S(=O)(=O)c2cccc(C(F)(F)F)c2)C(c2ccc(Cl)cc2)CCC2C=Cc3c(ccc4ccccc34)C21. The van der Waals surface area contributed by atoms with Gasteiger partial charge >= 0.3 is 6.18 Å². The van der Waals surface area contributed by atoms with E-state index in [1.54, 1.807) is 19.1 Å². The normalized spacial score (nSPS) is 24.8. The first-order valence-electron chi connectivity index (χ1n) is 12.9. The summed E-state index contributed by atoms with van der Waals surface area (Å²) in [6, 6.07) is 23.3. The molecule has 2 aliphatic rings. The fourth-order valence-corrected chi connectivity index (χ4v) is 9.27. The van der Waals surface area contributed by atoms with Crippen molar-refractivity contribution in [3.63, 3.8) is 0 Å². The van der Waals surface area contributed by atoms with Crippen LogP contribution in [0.4, 0.5) is 13.2 Å². The van der Waals surface area contributed by atoms with Crippen LogP contribution in [0.25, 0.3) is 16.8 Å². The quantitative estimate of drug-likeness (QED) is 0.248. The third-order valence-electron chi connectivity index (χ3n) is 8.70. The molecule has 1 saturated carbocycles. The Hall–Kier alpha value is -3.09. The maximum atomic E-state index is 14.7. The van der Waals surface area contributed by atoms with Gasteiger partial charge in [0.25, 0.3) is 0 Å². The highest BCUT2D eigenvalue weighted by atomic mass is 35.5. The van der Waals surface area contributed by atoms with Crippen molar-refractivity contribution in [3.8, 4) is 0 Å². The molecule has 0 spiro atoms. The van der Waals surface area contributed by atoms with Crippen molar-refractivity contribution < 1.29 is 21.6 Å². The Bertz CT molecular complexity index is 1710. The maximum absolute atomic E-state index is 14.7. The minimum absolute atomic E-state index is 0.0761. The van der Waals surface area contributed by atoms with E-state index >= 15 is 0 Å². The molecule has 4 unspecified atom stereocenters. The number of hydrogen-bond donors (Lipinski definition) is 0. The second-order valence-electron chi connectivity index (χ2n) is 10.7. The number of fused-ring (bicyclic) bond motifs is 5. The van der Waals surface area contributed by atoms with Crippen LogP contribution in [0.1, 0.15) is 53.9 Å². The summed E-state index contributed by atoms with van der Waals surface area (Å²) >= 11 is 6.17. The second kappa shape index (κ2) is 9.24. The zero-order valence-electron chi connectivity index (χ0n) is 21.1. The van der Waals surface area contributed by atoms with Crippen LogP contribution in [0.5, 0.6) is 0 Å². The molecule has 0 bridgehead atoms. The number of rotatable bonds is 3. The van der Waals surface area contributed by atoms with Crippen LogP contribution < -0.4 is 0 Å². The molecule has 4 aromatic rings. The molecule has 0 radical (unpaired) electrons. The van der Waals surface area contributed by atoms with Gasteiger partial charge in [0.2, 0.25) is 0 Å². The van der Waals surface area contributed by atoms with Crippen LogP contribution in [-0.4, -0.2) is 13.2 Å². The van der Waals surface area contributed by atoms with Gasteiger partial charge in [-0.15, -0.1) is 0 Å². The summed E-state index contributed by atoms with van der Waals surface area (Å²) in [4.78, 5) is -0.309. The molecule has 4 aromatic carbocycles. The molecule has 7 heteroatoms. The average Bonchev–Trinajstić information content (AvgIpc) is 2.93. The maximum Gasteiger partial charge on any atom is 0.416 e. The standard InChI is InChI=1S/C32H26ClF3O2S/c1-31(39(37,38)25-7-4-6-23(19-25)32(34,35)36)29(21-9-14-24(33)15-10-21)18-13-22-12-16-27-26-8-3-2-5-20(26)11-17-28(27)30(22)31/h2-12,14-17,19,22,29-30H,13,18H2,1H3. The molecule has 2 aliphatic carbocycles. The fraction of sp³-hybridized carbons (Fsp3) is 0.250. The lowest BCUT2D eigenvalue weighted by molar-refractivity contribution is -0.137. The zero-order valence-corrected chi connectivity index (χ0v) is 22.7. The number of benzene rings is 4. The summed E-state index contributed by atoms with van der Waals surface area (Å²) in [5.41, 5.74) is 1.72. The highest BCUT2D eigenvalue weighted by molar-refractivity contribution is 7.93. The number of halogens is 4. The van der Waals surface area contributed by atoms with E-state index in [0.29, 0.717) is 11.4 Å². The Balaban J connectivity index is 1.62. The summed E-state index contributed by atoms with van der Waals surface area (Å²) in [6.07, 6.45) is 0.853. The van der Waals surface area contributed by atoms with Gasteiger partial charge in [0.15, 0.2) is 9.84 Å². The smallest absolute Gasteiger partial charge is 0.223 e. The number of sulfone groups is 1. The fourth-order valence-electron chi connectivity index (χ4n) is 6.83. The summed E-state index contributed by atoms with van der Waals surface area (Å²) in [6.45, 7) is 1.73. The van der Waals surface area contributed by atoms with Gasteiger partial charge in [-0.1, -0.05) is 78.4 Å². The molecule has 2 nitrogen and oxygen atoms in total. The second-order valence-corrected chi connectivity index (χ2v) is 13.5. The predicted molar refractivity (Wildman–Crippen MR) is 150 cm³/mol. The Morgan fingerprint density at radius 2 is 1.64 bits per heavy atom. The van der Waals surface area contributed by atoms with Crippen LogP contribution in [0.2, 0.25) is 5.02 Å². The number of allylic oxidation sites excluding steroid dienone is 1. The Labute approximate surface area is 231 Å². The van der Waals surface area contributed by atoms with Crippen molar-refractivity contribution in [2.24, 2.45) is 5.92 Å². The van der Waals surface area contributed by atoms with E-state index in [9.17, 15) is 21.6 Å². The first-order valence-corrected chi connectivity index (χ1v) is 14.7. The van der Waals surface area contributed by atoms with Gasteiger partial charge in [-0.05, 0) is 83.5 Å². The third-order valence-corrected chi connectivity index (χ3v) is 11.5. The minimum Gasteiger partial charge on any atom is -0.223 e. The molecular formula is C32H26ClF3O2S. The number of alkyl halides is 3. The molecule has 0 N–H and O–H groups in total. The van der Waals surface area contributed by atoms with Crippen molar-refractivity contribution in [3.05, 3.63) is 118 Å². The predicted octanol–water partition coefficient (Wildman–Crippen LogP) is 9.05. The van der Waals surface area contributed by atoms with Gasteiger partial charge in [-0.25, -0.2) is 8.42 Å². The van der Waals surface area contributed by atoms with Crippen molar-refractivity contribution in [2.75, 3.05) is 0 Å². The summed E-state index contributed by atoms with van der Waals surface area (Å²) in [5.74, 6) is -0.995. The lowest BCUT2D eigenvalue weighted by atomic mass is 9.60. The van der Waals surface area contributed by atoms with E-state index < -0.39 is 38.2 Å². The van der Waals surface area contributed by atoms with E-state index in [0.717, 1.165) is 46.0 Å². The van der Waals surface area contributed by atoms with E-state index in [1.165, 1.54) is 12.1 Å². The Kier molecular flexibility index (Phi) is 6.20. The Morgan fingerprint density at radius 1 is 0.897 bits per heavy atom. The topological polar surface area (TPSA) is 34.1 Å². The number of hydrogen-bond acceptors (Lipinski definition) is 2. The molecule has 0 heterocycles. The lowest BCUT2D eigenvalue weighted by Gasteiger charge is -2.51. The largest absolute Gasteiger partial charge is 0.416 e. The first kappa shape index (κ1) is 26.1. The summed E-state index contributed by atoms with van der Waals surface area (Å²) < 4.78 is 69.1. The summed E-state index contributed by atoms with van der Waals surface area (Å²) in [7, 11) is -4.29. The molecule has 200 valence electrons. The highest BCUT2D eigenvalue weighted by Crippen LogP contribution is 2.59. The van der Waals surface area contributed by atoms with Crippen LogP contribution in [0.3, 0.4) is 0 Å². The molecule has 4 atom stereocenters. The molecule has 0 amide bonds. The van der Waals surface area contributed by atoms with Gasteiger partial charge in [-0.2, -0.15) is 13.2 Å². The van der Waals surface area contributed by atoms with Gasteiger partial charge < -0.3 is 0 Å². The van der Waals surface area contributed by atoms with Crippen molar-refractivity contribution in [1.82, 2.24) is 0 Å². The molecule has 1 fully saturated rings. The molecule has 0 aromatic heterocycles. The molecular weight excluding hydrogens is 541 g/mol. The van der Waals surface area contributed by atoms with Gasteiger partial charge in [0, 0.05) is 16.9 Å². The van der Waals surface area contributed by atoms with Crippen molar-refractivity contribution in [1.29, 1.82) is 0 Å². The Morgan fingerprint density at radius 3 is 2.38 bits per heavy atom. The van der Waals surface area contributed by atoms with E-state index in [1.807, 2.05) is 48.5 Å². The van der Waals surface area contributed by atoms with Gasteiger partial charge in [0.05, 0.1) is 15.2 Å². The zero-order chi connectivity index (χ0) is 27.6. The van der Waals surface area contributed by atoms with E-state index in [2.05, 4.69) is 12.2 Å². The molecule has 39 heavy (non-hydrogen) atoms. The first-order chi connectivity index (χ1) is 18.5. The summed E-state index contributed by atoms with van der Waals surface area (Å²) in [5, 5.41) is 2.61. The molecule has 0 saturated heterocycles. The van der Waals surface area contributed by atoms with Crippen LogP contribution in [0.15, 0.2) is 95.9 Å². The third kappa shape index (κ3) is 4.11. The van der Waals surface area contributed by atoms with Gasteiger partial charge in [-0.3, -0.25) is 0 Å². The molecule has 0 aliphatic heterocycles. The van der Waals surface area contributed by atoms with Crippen LogP contribution in [-0.2, 0) is 16.0 Å².